The lowest BCUT2D eigenvalue weighted by atomic mass is 9.96. The molecule has 0 aliphatic heterocycles. The predicted octanol–water partition coefficient (Wildman–Crippen LogP) is 6.61. The van der Waals surface area contributed by atoms with Crippen molar-refractivity contribution in [2.45, 2.75) is 125 Å². The molecule has 0 saturated heterocycles. The zero-order valence-electron chi connectivity index (χ0n) is 25.4. The topological polar surface area (TPSA) is 87.7 Å². The Kier molecular flexibility index (Phi) is 14.4. The van der Waals surface area contributed by atoms with Crippen LogP contribution in [-0.4, -0.2) is 47.5 Å². The van der Waals surface area contributed by atoms with Crippen LogP contribution < -0.4 is 10.6 Å². The summed E-state index contributed by atoms with van der Waals surface area (Å²) in [5.74, 6) is -0.290. The third-order valence-electron chi connectivity index (χ3n) is 6.47. The number of ether oxygens (including phenoxy) is 1. The van der Waals surface area contributed by atoms with Crippen molar-refractivity contribution in [3.05, 3.63) is 34.9 Å². The van der Waals surface area contributed by atoms with Gasteiger partial charge in [-0.15, -0.1) is 0 Å². The van der Waals surface area contributed by atoms with Gasteiger partial charge >= 0.3 is 6.09 Å². The Hall–Kier alpha value is -2.57. The van der Waals surface area contributed by atoms with E-state index >= 15 is 0 Å². The van der Waals surface area contributed by atoms with Crippen LogP contribution in [0.15, 0.2) is 18.2 Å². The molecule has 3 amide bonds. The maximum absolute atomic E-state index is 14.2. The van der Waals surface area contributed by atoms with Crippen LogP contribution in [0.3, 0.4) is 0 Å². The molecular weight excluding hydrogens is 478 g/mol. The lowest BCUT2D eigenvalue weighted by Gasteiger charge is -2.35. The molecule has 0 fully saturated rings. The van der Waals surface area contributed by atoms with Crippen LogP contribution >= 0.6 is 0 Å². The molecule has 0 heterocycles. The van der Waals surface area contributed by atoms with Gasteiger partial charge in [0.25, 0.3) is 0 Å². The molecule has 1 aromatic carbocycles. The molecule has 2 atom stereocenters. The molecule has 2 unspecified atom stereocenters. The maximum Gasteiger partial charge on any atom is 0.408 e. The van der Waals surface area contributed by atoms with Crippen molar-refractivity contribution in [3.63, 3.8) is 0 Å². The summed E-state index contributed by atoms with van der Waals surface area (Å²) in [7, 11) is 0. The molecule has 0 aliphatic carbocycles. The molecule has 0 spiro atoms. The number of unbranched alkanes of at least 4 members (excludes halogenated alkanes) is 4. The van der Waals surface area contributed by atoms with E-state index in [1.165, 1.54) is 0 Å². The number of carbonyl (C=O) groups is 3. The molecule has 38 heavy (non-hydrogen) atoms. The summed E-state index contributed by atoms with van der Waals surface area (Å²) in [6.07, 6.45) is 5.50. The lowest BCUT2D eigenvalue weighted by molar-refractivity contribution is -0.143. The fourth-order valence-electron chi connectivity index (χ4n) is 4.33. The fraction of sp³-hybridized carbons (Fsp3) is 0.710. The fourth-order valence-corrected chi connectivity index (χ4v) is 4.33. The summed E-state index contributed by atoms with van der Waals surface area (Å²) < 4.78 is 5.48. The molecule has 7 heteroatoms. The molecule has 0 aliphatic rings. The molecule has 1 rings (SSSR count). The van der Waals surface area contributed by atoms with E-state index in [1.807, 2.05) is 45.9 Å². The smallest absolute Gasteiger partial charge is 0.408 e. The van der Waals surface area contributed by atoms with Gasteiger partial charge in [-0.2, -0.15) is 0 Å². The summed E-state index contributed by atoms with van der Waals surface area (Å²) in [5.41, 5.74) is 2.30. The zero-order chi connectivity index (χ0) is 28.9. The third-order valence-corrected chi connectivity index (χ3v) is 6.47. The quantitative estimate of drug-likeness (QED) is 0.249. The van der Waals surface area contributed by atoms with Crippen LogP contribution in [0.1, 0.15) is 116 Å². The van der Waals surface area contributed by atoms with E-state index < -0.39 is 23.8 Å². The summed E-state index contributed by atoms with van der Waals surface area (Å²) in [6.45, 7) is 18.7. The number of hydrogen-bond acceptors (Lipinski definition) is 4. The van der Waals surface area contributed by atoms with E-state index in [9.17, 15) is 14.4 Å². The highest BCUT2D eigenvalue weighted by Crippen LogP contribution is 2.26. The van der Waals surface area contributed by atoms with Crippen LogP contribution in [0.4, 0.5) is 4.79 Å². The second kappa shape index (κ2) is 16.4. The molecule has 0 bridgehead atoms. The van der Waals surface area contributed by atoms with Gasteiger partial charge in [-0.05, 0) is 76.5 Å². The van der Waals surface area contributed by atoms with Crippen molar-refractivity contribution >= 4 is 17.9 Å². The molecule has 7 nitrogen and oxygen atoms in total. The summed E-state index contributed by atoms with van der Waals surface area (Å²) in [5, 5.41) is 5.90. The Morgan fingerprint density at radius 1 is 0.947 bits per heavy atom. The molecule has 0 aromatic heterocycles. The first-order valence-corrected chi connectivity index (χ1v) is 14.5. The second-order valence-corrected chi connectivity index (χ2v) is 11.8. The normalized spacial score (nSPS) is 13.1. The lowest BCUT2D eigenvalue weighted by Crippen LogP contribution is -2.53. The largest absolute Gasteiger partial charge is 0.444 e. The molecule has 2 N–H and O–H groups in total. The van der Waals surface area contributed by atoms with Gasteiger partial charge in [-0.25, -0.2) is 4.79 Å². The number of benzene rings is 1. The zero-order valence-corrected chi connectivity index (χ0v) is 25.4. The Labute approximate surface area is 231 Å². The molecule has 216 valence electrons. The number of alkyl carbamates (subject to hydrolysis) is 1. The van der Waals surface area contributed by atoms with Gasteiger partial charge in [0.2, 0.25) is 11.8 Å². The van der Waals surface area contributed by atoms with Crippen molar-refractivity contribution in [2.75, 3.05) is 13.1 Å². The van der Waals surface area contributed by atoms with Crippen molar-refractivity contribution in [3.8, 4) is 0 Å². The van der Waals surface area contributed by atoms with Crippen molar-refractivity contribution in [1.29, 1.82) is 0 Å². The molecule has 0 radical (unpaired) electrons. The van der Waals surface area contributed by atoms with Crippen LogP contribution in [0.2, 0.25) is 0 Å². The standard InChI is InChI=1S/C31H53N3O4/c1-10-12-14-18-32-28(35)27(25-17-16-23(5)24(6)21-25)34(19-15-13-11-2)29(36)26(20-22(3)4)33-30(37)38-31(7,8)9/h16-17,21-22,26-27H,10-15,18-20H2,1-9H3,(H,32,35)(H,33,37). The van der Waals surface area contributed by atoms with Gasteiger partial charge in [0.05, 0.1) is 0 Å². The molecular formula is C31H53N3O4. The summed E-state index contributed by atoms with van der Waals surface area (Å²) in [6, 6.07) is 4.37. The number of amides is 3. The highest BCUT2D eigenvalue weighted by molar-refractivity contribution is 5.92. The third kappa shape index (κ3) is 11.9. The van der Waals surface area contributed by atoms with Crippen LogP contribution in [0, 0.1) is 19.8 Å². The summed E-state index contributed by atoms with van der Waals surface area (Å²) >= 11 is 0. The Morgan fingerprint density at radius 3 is 2.13 bits per heavy atom. The minimum atomic E-state index is -0.798. The van der Waals surface area contributed by atoms with Crippen LogP contribution in [-0.2, 0) is 14.3 Å². The van der Waals surface area contributed by atoms with E-state index in [4.69, 9.17) is 4.74 Å². The number of nitrogens with one attached hydrogen (secondary N) is 2. The number of nitrogens with zero attached hydrogens (tertiary/aromatic N) is 1. The average Bonchev–Trinajstić information content (AvgIpc) is 2.81. The van der Waals surface area contributed by atoms with Gasteiger partial charge in [-0.3, -0.25) is 9.59 Å². The van der Waals surface area contributed by atoms with Gasteiger partial charge in [0.15, 0.2) is 0 Å². The SMILES string of the molecule is CCCCCNC(=O)C(c1ccc(C)c(C)c1)N(CCCCC)C(=O)C(CC(C)C)NC(=O)OC(C)(C)C. The Bertz CT molecular complexity index is 892. The van der Waals surface area contributed by atoms with Crippen molar-refractivity contribution in [2.24, 2.45) is 5.92 Å². The minimum absolute atomic E-state index is 0.152. The highest BCUT2D eigenvalue weighted by Gasteiger charge is 2.36. The van der Waals surface area contributed by atoms with E-state index in [2.05, 4.69) is 24.5 Å². The maximum atomic E-state index is 14.2. The van der Waals surface area contributed by atoms with E-state index in [0.29, 0.717) is 19.5 Å². The van der Waals surface area contributed by atoms with Gasteiger partial charge in [0.1, 0.15) is 17.7 Å². The van der Waals surface area contributed by atoms with Gasteiger partial charge in [0, 0.05) is 13.1 Å². The predicted molar refractivity (Wildman–Crippen MR) is 155 cm³/mol. The average molecular weight is 532 g/mol. The van der Waals surface area contributed by atoms with Gasteiger partial charge in [-0.1, -0.05) is 71.6 Å². The van der Waals surface area contributed by atoms with Crippen LogP contribution in [0.25, 0.3) is 0 Å². The summed E-state index contributed by atoms with van der Waals surface area (Å²) in [4.78, 5) is 42.3. The minimum Gasteiger partial charge on any atom is -0.444 e. The second-order valence-electron chi connectivity index (χ2n) is 11.8. The first-order valence-electron chi connectivity index (χ1n) is 14.5. The highest BCUT2D eigenvalue weighted by atomic mass is 16.6. The number of hydrogen-bond donors (Lipinski definition) is 2. The van der Waals surface area contributed by atoms with Gasteiger partial charge < -0.3 is 20.3 Å². The first kappa shape index (κ1) is 33.5. The first-order chi connectivity index (χ1) is 17.8. The Morgan fingerprint density at radius 2 is 1.58 bits per heavy atom. The van der Waals surface area contributed by atoms with E-state index in [1.54, 1.807) is 25.7 Å². The number of rotatable bonds is 15. The van der Waals surface area contributed by atoms with Crippen LogP contribution in [0.5, 0.6) is 0 Å². The molecule has 0 saturated carbocycles. The number of aryl methyl sites for hydroxylation is 2. The van der Waals surface area contributed by atoms with E-state index in [0.717, 1.165) is 55.2 Å². The van der Waals surface area contributed by atoms with Crippen molar-refractivity contribution in [1.82, 2.24) is 15.5 Å². The number of carbonyl (C=O) groups excluding carboxylic acids is 3. The Balaban J connectivity index is 3.47. The van der Waals surface area contributed by atoms with E-state index in [-0.39, 0.29) is 17.7 Å². The van der Waals surface area contributed by atoms with Crippen molar-refractivity contribution < 1.29 is 19.1 Å². The molecule has 1 aromatic rings. The monoisotopic (exact) mass is 531 g/mol.